The van der Waals surface area contributed by atoms with Crippen LogP contribution >= 0.6 is 11.3 Å². The molecule has 0 atom stereocenters. The predicted octanol–water partition coefficient (Wildman–Crippen LogP) is 1.62. The van der Waals surface area contributed by atoms with Crippen LogP contribution in [0.3, 0.4) is 0 Å². The Bertz CT molecular complexity index is 765. The van der Waals surface area contributed by atoms with Gasteiger partial charge in [0.15, 0.2) is 11.5 Å². The van der Waals surface area contributed by atoms with Gasteiger partial charge >= 0.3 is 0 Å². The van der Waals surface area contributed by atoms with Gasteiger partial charge in [0.25, 0.3) is 0 Å². The lowest BCUT2D eigenvalue weighted by Gasteiger charge is -1.99. The van der Waals surface area contributed by atoms with E-state index >= 15 is 0 Å². The molecular weight excluding hydrogens is 248 g/mol. The molecule has 88 valence electrons. The van der Waals surface area contributed by atoms with E-state index in [9.17, 15) is 0 Å². The van der Waals surface area contributed by atoms with E-state index < -0.39 is 0 Å². The summed E-state index contributed by atoms with van der Waals surface area (Å²) in [7, 11) is 0. The van der Waals surface area contributed by atoms with Crippen molar-refractivity contribution in [2.75, 3.05) is 5.73 Å². The van der Waals surface area contributed by atoms with E-state index in [1.54, 1.807) is 11.3 Å². The Morgan fingerprint density at radius 2 is 2.28 bits per heavy atom. The maximum Gasteiger partial charge on any atom is 0.205 e. The largest absolute Gasteiger partial charge is 0.381 e. The van der Waals surface area contributed by atoms with Crippen LogP contribution in [0.2, 0.25) is 0 Å². The summed E-state index contributed by atoms with van der Waals surface area (Å²) in [4.78, 5) is 1.06. The van der Waals surface area contributed by atoms with E-state index in [-0.39, 0.29) is 11.5 Å². The van der Waals surface area contributed by atoms with Crippen molar-refractivity contribution < 1.29 is 0 Å². The number of nitrogens with zero attached hydrogens (tertiary/aromatic N) is 5. The molecule has 3 heterocycles. The maximum atomic E-state index is 8.87. The third kappa shape index (κ3) is 1.36. The SMILES string of the molecule is Cc1nn2c(N)c(C#N)nnc2c1-c1cccs1. The normalized spacial score (nSPS) is 10.7. The summed E-state index contributed by atoms with van der Waals surface area (Å²) in [6.07, 6.45) is 0. The molecule has 18 heavy (non-hydrogen) atoms. The molecule has 3 aromatic heterocycles. The van der Waals surface area contributed by atoms with Crippen LogP contribution in [-0.2, 0) is 0 Å². The molecule has 0 spiro atoms. The van der Waals surface area contributed by atoms with Gasteiger partial charge in [-0.1, -0.05) is 6.07 Å². The minimum Gasteiger partial charge on any atom is -0.381 e. The highest BCUT2D eigenvalue weighted by molar-refractivity contribution is 7.13. The van der Waals surface area contributed by atoms with E-state index in [4.69, 9.17) is 11.0 Å². The Morgan fingerprint density at radius 3 is 2.94 bits per heavy atom. The van der Waals surface area contributed by atoms with E-state index in [1.165, 1.54) is 4.52 Å². The van der Waals surface area contributed by atoms with Crippen molar-refractivity contribution in [1.29, 1.82) is 5.26 Å². The van der Waals surface area contributed by atoms with Crippen molar-refractivity contribution >= 4 is 22.8 Å². The number of nitrogen functional groups attached to an aromatic ring is 1. The zero-order chi connectivity index (χ0) is 12.7. The smallest absolute Gasteiger partial charge is 0.205 e. The first-order chi connectivity index (χ1) is 8.72. The summed E-state index contributed by atoms with van der Waals surface area (Å²) >= 11 is 1.60. The van der Waals surface area contributed by atoms with Crippen LogP contribution in [0.25, 0.3) is 16.1 Å². The number of nitriles is 1. The summed E-state index contributed by atoms with van der Waals surface area (Å²) in [6, 6.07) is 5.85. The Labute approximate surface area is 106 Å². The Kier molecular flexibility index (Phi) is 2.25. The third-order valence-electron chi connectivity index (χ3n) is 2.63. The number of aryl methyl sites for hydroxylation is 1. The zero-order valence-corrected chi connectivity index (χ0v) is 10.3. The number of rotatable bonds is 1. The van der Waals surface area contributed by atoms with Crippen LogP contribution in [-0.4, -0.2) is 19.8 Å². The van der Waals surface area contributed by atoms with Gasteiger partial charge in [-0.25, -0.2) is 0 Å². The third-order valence-corrected chi connectivity index (χ3v) is 3.51. The predicted molar refractivity (Wildman–Crippen MR) is 68.0 cm³/mol. The van der Waals surface area contributed by atoms with Gasteiger partial charge in [-0.2, -0.15) is 14.9 Å². The first-order valence-electron chi connectivity index (χ1n) is 5.18. The quantitative estimate of drug-likeness (QED) is 0.714. The Morgan fingerprint density at radius 1 is 1.44 bits per heavy atom. The fourth-order valence-electron chi connectivity index (χ4n) is 1.81. The van der Waals surface area contributed by atoms with Gasteiger partial charge in [0.1, 0.15) is 6.07 Å². The molecule has 0 saturated carbocycles. The van der Waals surface area contributed by atoms with E-state index in [2.05, 4.69) is 15.3 Å². The second-order valence-corrected chi connectivity index (χ2v) is 4.67. The van der Waals surface area contributed by atoms with Gasteiger partial charge in [0.05, 0.1) is 11.3 Å². The van der Waals surface area contributed by atoms with Gasteiger partial charge in [-0.3, -0.25) is 0 Å². The summed E-state index contributed by atoms with van der Waals surface area (Å²) < 4.78 is 1.47. The van der Waals surface area contributed by atoms with Crippen molar-refractivity contribution in [3.05, 3.63) is 28.9 Å². The van der Waals surface area contributed by atoms with Crippen LogP contribution in [0.4, 0.5) is 5.82 Å². The zero-order valence-electron chi connectivity index (χ0n) is 9.45. The standard InChI is InChI=1S/C11H8N6S/c1-6-9(8-3-2-4-18-8)11-15-14-7(5-12)10(13)17(11)16-6/h2-4H,13H2,1H3. The average molecular weight is 256 g/mol. The highest BCUT2D eigenvalue weighted by Gasteiger charge is 2.17. The highest BCUT2D eigenvalue weighted by Crippen LogP contribution is 2.31. The molecule has 0 aliphatic heterocycles. The van der Waals surface area contributed by atoms with Crippen LogP contribution in [0.5, 0.6) is 0 Å². The van der Waals surface area contributed by atoms with Crippen molar-refractivity contribution in [3.63, 3.8) is 0 Å². The molecule has 0 fully saturated rings. The van der Waals surface area contributed by atoms with Crippen molar-refractivity contribution in [2.24, 2.45) is 0 Å². The molecule has 0 bridgehead atoms. The van der Waals surface area contributed by atoms with Gasteiger partial charge in [-0.15, -0.1) is 21.5 Å². The summed E-state index contributed by atoms with van der Waals surface area (Å²) in [5, 5.41) is 23.0. The number of fused-ring (bicyclic) bond motifs is 1. The fraction of sp³-hybridized carbons (Fsp3) is 0.0909. The van der Waals surface area contributed by atoms with Crippen LogP contribution in [0, 0.1) is 18.3 Å². The van der Waals surface area contributed by atoms with E-state index in [0.29, 0.717) is 5.65 Å². The second-order valence-electron chi connectivity index (χ2n) is 3.72. The van der Waals surface area contributed by atoms with Crippen LogP contribution < -0.4 is 5.73 Å². The molecule has 2 N–H and O–H groups in total. The number of aromatic nitrogens is 4. The van der Waals surface area contributed by atoms with Crippen LogP contribution in [0.1, 0.15) is 11.4 Å². The molecule has 0 saturated heterocycles. The summed E-state index contributed by atoms with van der Waals surface area (Å²) in [6.45, 7) is 1.88. The molecule has 6 nitrogen and oxygen atoms in total. The van der Waals surface area contributed by atoms with Crippen molar-refractivity contribution in [3.8, 4) is 16.5 Å². The lowest BCUT2D eigenvalue weighted by Crippen LogP contribution is -2.06. The van der Waals surface area contributed by atoms with Gasteiger partial charge < -0.3 is 5.73 Å². The molecule has 0 aliphatic carbocycles. The van der Waals surface area contributed by atoms with E-state index in [0.717, 1.165) is 16.1 Å². The summed E-state index contributed by atoms with van der Waals surface area (Å²) in [5.41, 5.74) is 8.23. The number of hydrogen-bond donors (Lipinski definition) is 1. The van der Waals surface area contributed by atoms with Gasteiger partial charge in [0, 0.05) is 4.88 Å². The average Bonchev–Trinajstić information content (AvgIpc) is 2.96. The molecule has 3 rings (SSSR count). The summed E-state index contributed by atoms with van der Waals surface area (Å²) in [5.74, 6) is 0.216. The lowest BCUT2D eigenvalue weighted by atomic mass is 10.2. The number of hydrogen-bond acceptors (Lipinski definition) is 6. The minimum atomic E-state index is 0.0859. The molecule has 0 unspecified atom stereocenters. The minimum absolute atomic E-state index is 0.0859. The van der Waals surface area contributed by atoms with Crippen molar-refractivity contribution in [2.45, 2.75) is 6.92 Å². The second kappa shape index (κ2) is 3.78. The molecule has 0 radical (unpaired) electrons. The fourth-order valence-corrected chi connectivity index (χ4v) is 2.63. The number of nitrogens with two attached hydrogens (primary N) is 1. The van der Waals surface area contributed by atoms with Gasteiger partial charge in [-0.05, 0) is 18.4 Å². The van der Waals surface area contributed by atoms with Crippen LogP contribution in [0.15, 0.2) is 17.5 Å². The first-order valence-corrected chi connectivity index (χ1v) is 6.06. The van der Waals surface area contributed by atoms with Gasteiger partial charge in [0.2, 0.25) is 5.69 Å². The molecule has 3 aromatic rings. The monoisotopic (exact) mass is 256 g/mol. The topological polar surface area (TPSA) is 92.9 Å². The van der Waals surface area contributed by atoms with Crippen molar-refractivity contribution in [1.82, 2.24) is 19.8 Å². The molecule has 0 aliphatic rings. The molecular formula is C11H8N6S. The molecule has 7 heteroatoms. The maximum absolute atomic E-state index is 8.87. The first kappa shape index (κ1) is 10.7. The molecule has 0 aromatic carbocycles. The number of anilines is 1. The molecule has 0 amide bonds. The Balaban J connectivity index is 2.39. The number of thiophene rings is 1. The highest BCUT2D eigenvalue weighted by atomic mass is 32.1. The lowest BCUT2D eigenvalue weighted by molar-refractivity contribution is 0.880. The van der Waals surface area contributed by atoms with E-state index in [1.807, 2.05) is 30.5 Å². The Hall–Kier alpha value is -2.46.